The van der Waals surface area contributed by atoms with Gasteiger partial charge in [0.25, 0.3) is 5.91 Å². The first-order chi connectivity index (χ1) is 12.9. The summed E-state index contributed by atoms with van der Waals surface area (Å²) < 4.78 is 15.9. The lowest BCUT2D eigenvalue weighted by Crippen LogP contribution is -2.21. The summed E-state index contributed by atoms with van der Waals surface area (Å²) in [4.78, 5) is 24.0. The maximum absolute atomic E-state index is 12.0. The molecule has 0 heterocycles. The number of aromatic hydroxyl groups is 1. The van der Waals surface area contributed by atoms with Gasteiger partial charge in [-0.1, -0.05) is 6.07 Å². The van der Waals surface area contributed by atoms with Crippen molar-refractivity contribution in [1.29, 1.82) is 0 Å². The number of benzene rings is 2. The van der Waals surface area contributed by atoms with E-state index < -0.39 is 18.5 Å². The van der Waals surface area contributed by atoms with Gasteiger partial charge in [-0.25, -0.2) is 4.79 Å². The van der Waals surface area contributed by atoms with Gasteiger partial charge in [0.05, 0.1) is 13.2 Å². The minimum atomic E-state index is -0.774. The van der Waals surface area contributed by atoms with Crippen molar-refractivity contribution in [3.05, 3.63) is 47.5 Å². The molecule has 2 aromatic rings. The average Bonchev–Trinajstić information content (AvgIpc) is 2.62. The van der Waals surface area contributed by atoms with Gasteiger partial charge in [0, 0.05) is 11.8 Å². The standard InChI is InChI=1S/C20H23NO6/c1-4-25-17-9-7-14(11-18(17)26-5-2)21-19(23)12-27-20(24)15-8-6-13(3)10-16(15)22/h6-11,22H,4-5,12H2,1-3H3,(H,21,23). The molecule has 144 valence electrons. The van der Waals surface area contributed by atoms with Crippen LogP contribution in [0, 0.1) is 6.92 Å². The van der Waals surface area contributed by atoms with Crippen LogP contribution in [0.25, 0.3) is 0 Å². The molecular weight excluding hydrogens is 350 g/mol. The second-order valence-electron chi connectivity index (χ2n) is 5.67. The highest BCUT2D eigenvalue weighted by molar-refractivity contribution is 5.96. The number of amides is 1. The second-order valence-corrected chi connectivity index (χ2v) is 5.67. The van der Waals surface area contributed by atoms with E-state index in [1.807, 2.05) is 13.8 Å². The van der Waals surface area contributed by atoms with E-state index >= 15 is 0 Å². The van der Waals surface area contributed by atoms with Gasteiger partial charge < -0.3 is 24.6 Å². The quantitative estimate of drug-likeness (QED) is 0.690. The molecule has 0 unspecified atom stereocenters. The lowest BCUT2D eigenvalue weighted by Gasteiger charge is -2.13. The molecule has 0 spiro atoms. The lowest BCUT2D eigenvalue weighted by atomic mass is 10.1. The van der Waals surface area contributed by atoms with Gasteiger partial charge in [0.2, 0.25) is 0 Å². The van der Waals surface area contributed by atoms with Gasteiger partial charge in [-0.3, -0.25) is 4.79 Å². The molecule has 7 nitrogen and oxygen atoms in total. The molecule has 0 aliphatic carbocycles. The van der Waals surface area contributed by atoms with Crippen LogP contribution >= 0.6 is 0 Å². The molecule has 7 heteroatoms. The maximum Gasteiger partial charge on any atom is 0.342 e. The number of nitrogens with one attached hydrogen (secondary N) is 1. The van der Waals surface area contributed by atoms with Crippen LogP contribution < -0.4 is 14.8 Å². The Balaban J connectivity index is 1.97. The summed E-state index contributed by atoms with van der Waals surface area (Å²) in [6.45, 7) is 5.97. The van der Waals surface area contributed by atoms with Crippen molar-refractivity contribution in [2.45, 2.75) is 20.8 Å². The average molecular weight is 373 g/mol. The zero-order valence-electron chi connectivity index (χ0n) is 15.6. The predicted octanol–water partition coefficient (Wildman–Crippen LogP) is 3.29. The number of esters is 1. The molecule has 0 saturated carbocycles. The third-order valence-corrected chi connectivity index (χ3v) is 3.53. The van der Waals surface area contributed by atoms with Crippen molar-refractivity contribution in [3.8, 4) is 17.2 Å². The molecular formula is C20H23NO6. The summed E-state index contributed by atoms with van der Waals surface area (Å²) in [6.07, 6.45) is 0. The number of carbonyl (C=O) groups is 2. The van der Waals surface area contributed by atoms with Crippen molar-refractivity contribution >= 4 is 17.6 Å². The van der Waals surface area contributed by atoms with Crippen molar-refractivity contribution in [2.24, 2.45) is 0 Å². The van der Waals surface area contributed by atoms with Gasteiger partial charge in [-0.05, 0) is 50.6 Å². The number of phenolic OH excluding ortho intramolecular Hbond substituents is 1. The topological polar surface area (TPSA) is 94.1 Å². The summed E-state index contributed by atoms with van der Waals surface area (Å²) in [5.74, 6) is -0.378. The Hall–Kier alpha value is -3.22. The summed E-state index contributed by atoms with van der Waals surface area (Å²) in [5, 5.41) is 12.4. The monoisotopic (exact) mass is 373 g/mol. The first kappa shape index (κ1) is 20.1. The lowest BCUT2D eigenvalue weighted by molar-refractivity contribution is -0.119. The van der Waals surface area contributed by atoms with Crippen molar-refractivity contribution in [3.63, 3.8) is 0 Å². The third-order valence-electron chi connectivity index (χ3n) is 3.53. The number of anilines is 1. The van der Waals surface area contributed by atoms with Crippen LogP contribution in [0.3, 0.4) is 0 Å². The van der Waals surface area contributed by atoms with E-state index in [0.29, 0.717) is 30.4 Å². The third kappa shape index (κ3) is 5.64. The summed E-state index contributed by atoms with van der Waals surface area (Å²) in [7, 11) is 0. The fraction of sp³-hybridized carbons (Fsp3) is 0.300. The number of aryl methyl sites for hydroxylation is 1. The predicted molar refractivity (Wildman–Crippen MR) is 101 cm³/mol. The number of carbonyl (C=O) groups excluding carboxylic acids is 2. The van der Waals surface area contributed by atoms with Crippen LogP contribution in [-0.4, -0.2) is 36.8 Å². The Kier molecular flexibility index (Phi) is 7.05. The second kappa shape index (κ2) is 9.47. The fourth-order valence-electron chi connectivity index (χ4n) is 2.35. The number of phenols is 1. The van der Waals surface area contributed by atoms with E-state index in [-0.39, 0.29) is 11.3 Å². The van der Waals surface area contributed by atoms with Gasteiger partial charge in [0.1, 0.15) is 11.3 Å². The molecule has 0 aromatic heterocycles. The Morgan fingerprint density at radius 1 is 1.00 bits per heavy atom. The Morgan fingerprint density at radius 2 is 1.70 bits per heavy atom. The molecule has 2 N–H and O–H groups in total. The van der Waals surface area contributed by atoms with Gasteiger partial charge >= 0.3 is 5.97 Å². The maximum atomic E-state index is 12.0. The molecule has 0 saturated heterocycles. The van der Waals surface area contributed by atoms with Gasteiger partial charge in [0.15, 0.2) is 18.1 Å². The largest absolute Gasteiger partial charge is 0.507 e. The number of ether oxygens (including phenoxy) is 3. The summed E-state index contributed by atoms with van der Waals surface area (Å²) in [6, 6.07) is 9.57. The Morgan fingerprint density at radius 3 is 2.37 bits per heavy atom. The summed E-state index contributed by atoms with van der Waals surface area (Å²) >= 11 is 0. The zero-order chi connectivity index (χ0) is 19.8. The van der Waals surface area contributed by atoms with E-state index in [4.69, 9.17) is 14.2 Å². The Bertz CT molecular complexity index is 818. The van der Waals surface area contributed by atoms with Crippen molar-refractivity contribution < 1.29 is 28.9 Å². The fourth-order valence-corrected chi connectivity index (χ4v) is 2.35. The van der Waals surface area contributed by atoms with Crippen LogP contribution in [-0.2, 0) is 9.53 Å². The normalized spacial score (nSPS) is 10.2. The van der Waals surface area contributed by atoms with Crippen LogP contribution in [0.2, 0.25) is 0 Å². The zero-order valence-corrected chi connectivity index (χ0v) is 15.6. The molecule has 27 heavy (non-hydrogen) atoms. The molecule has 0 radical (unpaired) electrons. The highest BCUT2D eigenvalue weighted by atomic mass is 16.5. The SMILES string of the molecule is CCOc1ccc(NC(=O)COC(=O)c2ccc(C)cc2O)cc1OCC. The van der Waals surface area contributed by atoms with E-state index in [1.165, 1.54) is 12.1 Å². The van der Waals surface area contributed by atoms with E-state index in [0.717, 1.165) is 5.56 Å². The molecule has 1 amide bonds. The number of rotatable bonds is 8. The first-order valence-corrected chi connectivity index (χ1v) is 8.60. The highest BCUT2D eigenvalue weighted by Crippen LogP contribution is 2.30. The van der Waals surface area contributed by atoms with Crippen LogP contribution in [0.5, 0.6) is 17.2 Å². The number of hydrogen-bond acceptors (Lipinski definition) is 6. The van der Waals surface area contributed by atoms with Crippen molar-refractivity contribution in [1.82, 2.24) is 0 Å². The van der Waals surface area contributed by atoms with Crippen LogP contribution in [0.4, 0.5) is 5.69 Å². The summed E-state index contributed by atoms with van der Waals surface area (Å²) in [5.41, 5.74) is 1.30. The van der Waals surface area contributed by atoms with Gasteiger partial charge in [-0.2, -0.15) is 0 Å². The molecule has 0 bridgehead atoms. The first-order valence-electron chi connectivity index (χ1n) is 8.60. The van der Waals surface area contributed by atoms with Crippen molar-refractivity contribution in [2.75, 3.05) is 25.1 Å². The van der Waals surface area contributed by atoms with Crippen LogP contribution in [0.1, 0.15) is 29.8 Å². The van der Waals surface area contributed by atoms with Gasteiger partial charge in [-0.15, -0.1) is 0 Å². The minimum Gasteiger partial charge on any atom is -0.507 e. The van der Waals surface area contributed by atoms with E-state index in [9.17, 15) is 14.7 Å². The molecule has 2 aromatic carbocycles. The minimum absolute atomic E-state index is 0.00750. The molecule has 0 atom stereocenters. The van der Waals surface area contributed by atoms with Crippen LogP contribution in [0.15, 0.2) is 36.4 Å². The van der Waals surface area contributed by atoms with E-state index in [2.05, 4.69) is 5.32 Å². The smallest absolute Gasteiger partial charge is 0.342 e. The molecule has 0 fully saturated rings. The molecule has 0 aliphatic heterocycles. The van der Waals surface area contributed by atoms with E-state index in [1.54, 1.807) is 31.2 Å². The highest BCUT2D eigenvalue weighted by Gasteiger charge is 2.15. The molecule has 0 aliphatic rings. The number of hydrogen-bond donors (Lipinski definition) is 2. The molecule has 2 rings (SSSR count). The Labute approximate surface area is 157 Å².